The van der Waals surface area contributed by atoms with Crippen LogP contribution in [0.25, 0.3) is 0 Å². The molecule has 0 aromatic carbocycles. The van der Waals surface area contributed by atoms with Gasteiger partial charge >= 0.3 is 5.97 Å². The van der Waals surface area contributed by atoms with Gasteiger partial charge in [-0.15, -0.1) is 0 Å². The predicted molar refractivity (Wildman–Crippen MR) is 70.4 cm³/mol. The van der Waals surface area contributed by atoms with Gasteiger partial charge in [-0.2, -0.15) is 0 Å². The fraction of sp³-hybridized carbons (Fsp3) is 0.615. The van der Waals surface area contributed by atoms with Crippen LogP contribution in [-0.2, 0) is 11.8 Å². The molecule has 1 saturated heterocycles. The van der Waals surface area contributed by atoms with Gasteiger partial charge in [-0.3, -0.25) is 0 Å². The highest BCUT2D eigenvalue weighted by molar-refractivity contribution is 5.89. The first kappa shape index (κ1) is 13.0. The standard InChI is InChI=1S/C13H21N3O2/c1-15-10-11(14)9-12(15)13(17)18-8-4-7-16-5-2-3-6-16/h9-10H,2-8,14H2,1H3. The molecule has 0 spiro atoms. The van der Waals surface area contributed by atoms with Gasteiger partial charge in [-0.05, 0) is 38.4 Å². The van der Waals surface area contributed by atoms with Crippen LogP contribution in [0.4, 0.5) is 5.69 Å². The summed E-state index contributed by atoms with van der Waals surface area (Å²) in [5.74, 6) is -0.296. The Bertz CT molecular complexity index is 408. The van der Waals surface area contributed by atoms with Crippen LogP contribution in [0, 0.1) is 0 Å². The van der Waals surface area contributed by atoms with E-state index in [4.69, 9.17) is 10.5 Å². The van der Waals surface area contributed by atoms with E-state index >= 15 is 0 Å². The normalized spacial score (nSPS) is 16.1. The maximum Gasteiger partial charge on any atom is 0.355 e. The molecule has 1 fully saturated rings. The lowest BCUT2D eigenvalue weighted by molar-refractivity contribution is 0.0480. The minimum atomic E-state index is -0.296. The lowest BCUT2D eigenvalue weighted by Gasteiger charge is -2.13. The zero-order valence-electron chi connectivity index (χ0n) is 10.9. The highest BCUT2D eigenvalue weighted by atomic mass is 16.5. The number of carbonyl (C=O) groups is 1. The number of hydrogen-bond acceptors (Lipinski definition) is 4. The van der Waals surface area contributed by atoms with Gasteiger partial charge in [-0.1, -0.05) is 0 Å². The Hall–Kier alpha value is -1.49. The molecule has 0 amide bonds. The molecule has 1 aromatic rings. The largest absolute Gasteiger partial charge is 0.461 e. The minimum absolute atomic E-state index is 0.296. The van der Waals surface area contributed by atoms with Crippen molar-refractivity contribution >= 4 is 11.7 Å². The van der Waals surface area contributed by atoms with Crippen molar-refractivity contribution in [3.63, 3.8) is 0 Å². The van der Waals surface area contributed by atoms with E-state index in [0.29, 0.717) is 18.0 Å². The van der Waals surface area contributed by atoms with Crippen LogP contribution in [0.5, 0.6) is 0 Å². The van der Waals surface area contributed by atoms with Gasteiger partial charge in [0.2, 0.25) is 0 Å². The fourth-order valence-electron chi connectivity index (χ4n) is 2.33. The molecule has 0 atom stereocenters. The number of esters is 1. The lowest BCUT2D eigenvalue weighted by atomic mass is 10.4. The molecule has 0 unspecified atom stereocenters. The molecule has 1 aromatic heterocycles. The molecule has 1 aliphatic heterocycles. The van der Waals surface area contributed by atoms with E-state index in [-0.39, 0.29) is 5.97 Å². The smallest absolute Gasteiger partial charge is 0.355 e. The van der Waals surface area contributed by atoms with E-state index in [1.807, 2.05) is 0 Å². The molecule has 1 aliphatic rings. The van der Waals surface area contributed by atoms with Crippen LogP contribution in [0.1, 0.15) is 29.8 Å². The molecular weight excluding hydrogens is 230 g/mol. The second-order valence-corrected chi connectivity index (χ2v) is 4.81. The first-order chi connectivity index (χ1) is 8.66. The Morgan fingerprint density at radius 1 is 1.44 bits per heavy atom. The minimum Gasteiger partial charge on any atom is -0.461 e. The summed E-state index contributed by atoms with van der Waals surface area (Å²) >= 11 is 0. The highest BCUT2D eigenvalue weighted by Crippen LogP contribution is 2.11. The van der Waals surface area contributed by atoms with Crippen molar-refractivity contribution in [1.82, 2.24) is 9.47 Å². The molecule has 5 heteroatoms. The Kier molecular flexibility index (Phi) is 4.25. The molecule has 0 radical (unpaired) electrons. The van der Waals surface area contributed by atoms with E-state index in [9.17, 15) is 4.79 Å². The molecule has 0 saturated carbocycles. The number of nitrogen functional groups attached to an aromatic ring is 1. The molecule has 2 rings (SSSR count). The number of nitrogens with zero attached hydrogens (tertiary/aromatic N) is 2. The van der Waals surface area contributed by atoms with Crippen molar-refractivity contribution < 1.29 is 9.53 Å². The number of anilines is 1. The summed E-state index contributed by atoms with van der Waals surface area (Å²) in [6, 6.07) is 1.64. The van der Waals surface area contributed by atoms with Gasteiger partial charge in [0.05, 0.1) is 12.3 Å². The molecule has 0 bridgehead atoms. The number of nitrogens with two attached hydrogens (primary N) is 1. The number of hydrogen-bond donors (Lipinski definition) is 1. The van der Waals surface area contributed by atoms with E-state index in [0.717, 1.165) is 13.0 Å². The van der Waals surface area contributed by atoms with Gasteiger partial charge in [0.1, 0.15) is 5.69 Å². The molecular formula is C13H21N3O2. The Morgan fingerprint density at radius 3 is 2.78 bits per heavy atom. The summed E-state index contributed by atoms with van der Waals surface area (Å²) in [5.41, 5.74) is 6.71. The number of aromatic nitrogens is 1. The number of aryl methyl sites for hydroxylation is 1. The first-order valence-corrected chi connectivity index (χ1v) is 6.48. The summed E-state index contributed by atoms with van der Waals surface area (Å²) in [4.78, 5) is 14.2. The SMILES string of the molecule is Cn1cc(N)cc1C(=O)OCCCN1CCCC1. The number of ether oxygens (including phenoxy) is 1. The maximum atomic E-state index is 11.8. The van der Waals surface area contributed by atoms with E-state index < -0.39 is 0 Å². The van der Waals surface area contributed by atoms with Crippen LogP contribution in [-0.4, -0.2) is 41.7 Å². The summed E-state index contributed by atoms with van der Waals surface area (Å²) in [6.45, 7) is 3.85. The molecule has 5 nitrogen and oxygen atoms in total. The van der Waals surface area contributed by atoms with Crippen molar-refractivity contribution in [2.45, 2.75) is 19.3 Å². The average Bonchev–Trinajstić information content (AvgIpc) is 2.94. The average molecular weight is 251 g/mol. The topological polar surface area (TPSA) is 60.5 Å². The second-order valence-electron chi connectivity index (χ2n) is 4.81. The van der Waals surface area contributed by atoms with Crippen LogP contribution < -0.4 is 5.73 Å². The molecule has 0 aliphatic carbocycles. The molecule has 100 valence electrons. The van der Waals surface area contributed by atoms with E-state index in [2.05, 4.69) is 4.90 Å². The summed E-state index contributed by atoms with van der Waals surface area (Å²) in [7, 11) is 1.79. The van der Waals surface area contributed by atoms with Gasteiger partial charge < -0.3 is 19.9 Å². The quantitative estimate of drug-likeness (QED) is 0.632. The van der Waals surface area contributed by atoms with Crippen LogP contribution in [0.3, 0.4) is 0 Å². The van der Waals surface area contributed by atoms with Crippen molar-refractivity contribution in [3.05, 3.63) is 18.0 Å². The van der Waals surface area contributed by atoms with Crippen molar-refractivity contribution in [2.75, 3.05) is 32.0 Å². The van der Waals surface area contributed by atoms with Gasteiger partial charge in [0, 0.05) is 19.8 Å². The summed E-state index contributed by atoms with van der Waals surface area (Å²) < 4.78 is 6.93. The van der Waals surface area contributed by atoms with Gasteiger partial charge in [-0.25, -0.2) is 4.79 Å². The Labute approximate surface area is 108 Å². The lowest BCUT2D eigenvalue weighted by Crippen LogP contribution is -2.22. The summed E-state index contributed by atoms with van der Waals surface area (Å²) in [6.07, 6.45) is 5.19. The van der Waals surface area contributed by atoms with Crippen molar-refractivity contribution in [1.29, 1.82) is 0 Å². The number of rotatable bonds is 5. The number of carbonyl (C=O) groups excluding carboxylic acids is 1. The van der Waals surface area contributed by atoms with Crippen molar-refractivity contribution in [3.8, 4) is 0 Å². The van der Waals surface area contributed by atoms with Gasteiger partial charge in [0.25, 0.3) is 0 Å². The third-order valence-corrected chi connectivity index (χ3v) is 3.29. The van der Waals surface area contributed by atoms with Crippen LogP contribution >= 0.6 is 0 Å². The Morgan fingerprint density at radius 2 is 2.17 bits per heavy atom. The monoisotopic (exact) mass is 251 g/mol. The third kappa shape index (κ3) is 3.26. The zero-order chi connectivity index (χ0) is 13.0. The molecule has 2 heterocycles. The van der Waals surface area contributed by atoms with E-state index in [1.165, 1.54) is 25.9 Å². The zero-order valence-corrected chi connectivity index (χ0v) is 10.9. The fourth-order valence-corrected chi connectivity index (χ4v) is 2.33. The second kappa shape index (κ2) is 5.91. The molecule has 2 N–H and O–H groups in total. The Balaban J connectivity index is 1.70. The third-order valence-electron chi connectivity index (χ3n) is 3.29. The summed E-state index contributed by atoms with van der Waals surface area (Å²) in [5, 5.41) is 0. The predicted octanol–water partition coefficient (Wildman–Crippen LogP) is 1.25. The van der Waals surface area contributed by atoms with Crippen LogP contribution in [0.15, 0.2) is 12.3 Å². The van der Waals surface area contributed by atoms with Gasteiger partial charge in [0.15, 0.2) is 0 Å². The highest BCUT2D eigenvalue weighted by Gasteiger charge is 2.13. The molecule has 18 heavy (non-hydrogen) atoms. The number of likely N-dealkylation sites (tertiary alicyclic amines) is 1. The van der Waals surface area contributed by atoms with E-state index in [1.54, 1.807) is 23.9 Å². The first-order valence-electron chi connectivity index (χ1n) is 6.48. The van der Waals surface area contributed by atoms with Crippen molar-refractivity contribution in [2.24, 2.45) is 7.05 Å². The maximum absolute atomic E-state index is 11.8. The van der Waals surface area contributed by atoms with Crippen LogP contribution in [0.2, 0.25) is 0 Å².